The molecule has 1 rings (SSSR count). The second-order valence-corrected chi connectivity index (χ2v) is 2.87. The van der Waals surface area contributed by atoms with Crippen LogP contribution in [-0.4, -0.2) is 18.1 Å². The van der Waals surface area contributed by atoms with Crippen molar-refractivity contribution in [3.63, 3.8) is 0 Å². The zero-order chi connectivity index (χ0) is 10.7. The zero-order valence-corrected chi connectivity index (χ0v) is 7.95. The van der Waals surface area contributed by atoms with Crippen molar-refractivity contribution in [2.24, 2.45) is 5.73 Å². The molecule has 1 aromatic heterocycles. The minimum absolute atomic E-state index is 0.0781. The Morgan fingerprint density at radius 3 is 2.79 bits per heavy atom. The van der Waals surface area contributed by atoms with Crippen LogP contribution in [0.5, 0.6) is 0 Å². The van der Waals surface area contributed by atoms with E-state index >= 15 is 0 Å². The maximum absolute atomic E-state index is 13.2. The molecule has 0 amide bonds. The van der Waals surface area contributed by atoms with Crippen LogP contribution in [0.2, 0.25) is 0 Å². The zero-order valence-electron chi connectivity index (χ0n) is 7.95. The number of esters is 1. The van der Waals surface area contributed by atoms with E-state index < -0.39 is 17.8 Å². The van der Waals surface area contributed by atoms with Gasteiger partial charge >= 0.3 is 5.97 Å². The van der Waals surface area contributed by atoms with Gasteiger partial charge in [0.2, 0.25) is 0 Å². The Labute approximate surface area is 80.9 Å². The molecule has 5 heteroatoms. The molecule has 1 atom stereocenters. The fourth-order valence-electron chi connectivity index (χ4n) is 1.01. The number of hydrogen-bond acceptors (Lipinski definition) is 4. The monoisotopic (exact) mass is 198 g/mol. The van der Waals surface area contributed by atoms with E-state index in [1.54, 1.807) is 6.92 Å². The Morgan fingerprint density at radius 1 is 1.71 bits per heavy atom. The molecule has 0 saturated carbocycles. The van der Waals surface area contributed by atoms with Gasteiger partial charge in [-0.15, -0.1) is 0 Å². The summed E-state index contributed by atoms with van der Waals surface area (Å²) in [5.41, 5.74) is 5.67. The number of carbonyl (C=O) groups is 1. The number of rotatable bonds is 2. The maximum Gasteiger partial charge on any atom is 0.339 e. The lowest BCUT2D eigenvalue weighted by Gasteiger charge is -2.06. The standard InChI is InChI=1S/C9H11FN2O2/c1-5(11)8-7(10)3-6(4-12-8)9(13)14-2/h3-5H,11H2,1-2H3/t5-/m1/s1. The van der Waals surface area contributed by atoms with E-state index in [2.05, 4.69) is 9.72 Å². The third kappa shape index (κ3) is 2.05. The highest BCUT2D eigenvalue weighted by Gasteiger charge is 2.13. The van der Waals surface area contributed by atoms with Crippen molar-refractivity contribution >= 4 is 5.97 Å². The molecular weight excluding hydrogens is 187 g/mol. The average Bonchev–Trinajstić information content (AvgIpc) is 2.15. The van der Waals surface area contributed by atoms with Gasteiger partial charge in [-0.05, 0) is 13.0 Å². The van der Waals surface area contributed by atoms with Gasteiger partial charge in [0.25, 0.3) is 0 Å². The third-order valence-corrected chi connectivity index (χ3v) is 1.72. The van der Waals surface area contributed by atoms with E-state index in [9.17, 15) is 9.18 Å². The molecule has 0 bridgehead atoms. The summed E-state index contributed by atoms with van der Waals surface area (Å²) in [4.78, 5) is 14.7. The number of hydrogen-bond donors (Lipinski definition) is 1. The molecular formula is C9H11FN2O2. The van der Waals surface area contributed by atoms with Gasteiger partial charge in [-0.1, -0.05) is 0 Å². The van der Waals surface area contributed by atoms with E-state index in [-0.39, 0.29) is 11.3 Å². The summed E-state index contributed by atoms with van der Waals surface area (Å²) in [6, 6.07) is 0.569. The Kier molecular flexibility index (Phi) is 3.14. The molecule has 0 aliphatic carbocycles. The first-order valence-electron chi connectivity index (χ1n) is 4.05. The second-order valence-electron chi connectivity index (χ2n) is 2.87. The predicted molar refractivity (Wildman–Crippen MR) is 48.1 cm³/mol. The number of aromatic nitrogens is 1. The van der Waals surface area contributed by atoms with Gasteiger partial charge < -0.3 is 10.5 Å². The number of halogens is 1. The van der Waals surface area contributed by atoms with E-state index in [1.807, 2.05) is 0 Å². The van der Waals surface area contributed by atoms with Crippen molar-refractivity contribution < 1.29 is 13.9 Å². The largest absolute Gasteiger partial charge is 0.465 e. The number of nitrogens with zero attached hydrogens (tertiary/aromatic N) is 1. The summed E-state index contributed by atoms with van der Waals surface area (Å²) in [5, 5.41) is 0. The Hall–Kier alpha value is -1.49. The highest BCUT2D eigenvalue weighted by molar-refractivity contribution is 5.88. The molecule has 0 aliphatic rings. The Bertz CT molecular complexity index is 353. The molecule has 0 unspecified atom stereocenters. The van der Waals surface area contributed by atoms with Crippen LogP contribution in [0.25, 0.3) is 0 Å². The van der Waals surface area contributed by atoms with Crippen molar-refractivity contribution in [3.8, 4) is 0 Å². The van der Waals surface area contributed by atoms with E-state index in [0.29, 0.717) is 0 Å². The number of methoxy groups -OCH3 is 1. The van der Waals surface area contributed by atoms with E-state index in [0.717, 1.165) is 6.07 Å². The van der Waals surface area contributed by atoms with Crippen molar-refractivity contribution in [2.45, 2.75) is 13.0 Å². The minimum Gasteiger partial charge on any atom is -0.465 e. The lowest BCUT2D eigenvalue weighted by molar-refractivity contribution is 0.0599. The van der Waals surface area contributed by atoms with Crippen LogP contribution < -0.4 is 5.73 Å². The summed E-state index contributed by atoms with van der Waals surface area (Å²) in [7, 11) is 1.22. The SMILES string of the molecule is COC(=O)c1cnc([C@@H](C)N)c(F)c1. The van der Waals surface area contributed by atoms with Gasteiger partial charge in [0.05, 0.1) is 18.4 Å². The first-order valence-corrected chi connectivity index (χ1v) is 4.05. The molecule has 76 valence electrons. The average molecular weight is 198 g/mol. The van der Waals surface area contributed by atoms with Crippen LogP contribution in [0.3, 0.4) is 0 Å². The first kappa shape index (κ1) is 10.6. The number of pyridine rings is 1. The molecule has 4 nitrogen and oxygen atoms in total. The molecule has 0 aromatic carbocycles. The van der Waals surface area contributed by atoms with Crippen LogP contribution in [0.4, 0.5) is 4.39 Å². The first-order chi connectivity index (χ1) is 6.56. The topological polar surface area (TPSA) is 65.2 Å². The van der Waals surface area contributed by atoms with Crippen molar-refractivity contribution in [1.29, 1.82) is 0 Å². The molecule has 1 aromatic rings. The van der Waals surface area contributed by atoms with E-state index in [4.69, 9.17) is 5.73 Å². The van der Waals surface area contributed by atoms with Crippen molar-refractivity contribution in [1.82, 2.24) is 4.98 Å². The number of ether oxygens (including phenoxy) is 1. The maximum atomic E-state index is 13.2. The molecule has 14 heavy (non-hydrogen) atoms. The third-order valence-electron chi connectivity index (χ3n) is 1.72. The lowest BCUT2D eigenvalue weighted by Crippen LogP contribution is -2.12. The molecule has 1 heterocycles. The normalized spacial score (nSPS) is 12.3. The van der Waals surface area contributed by atoms with Crippen LogP contribution >= 0.6 is 0 Å². The quantitative estimate of drug-likeness (QED) is 0.721. The molecule has 0 fully saturated rings. The predicted octanol–water partition coefficient (Wildman–Crippen LogP) is 1.03. The van der Waals surface area contributed by atoms with Crippen molar-refractivity contribution in [3.05, 3.63) is 29.3 Å². The van der Waals surface area contributed by atoms with Gasteiger partial charge in [0.15, 0.2) is 0 Å². The minimum atomic E-state index is -0.618. The second kappa shape index (κ2) is 4.15. The summed E-state index contributed by atoms with van der Waals surface area (Å²) in [5.74, 6) is -1.21. The van der Waals surface area contributed by atoms with E-state index in [1.165, 1.54) is 13.3 Å². The fourth-order valence-corrected chi connectivity index (χ4v) is 1.01. The molecule has 0 saturated heterocycles. The molecule has 0 aliphatic heterocycles. The van der Waals surface area contributed by atoms with Crippen LogP contribution in [0.1, 0.15) is 29.0 Å². The number of carbonyl (C=O) groups excluding carboxylic acids is 1. The Morgan fingerprint density at radius 2 is 2.36 bits per heavy atom. The fraction of sp³-hybridized carbons (Fsp3) is 0.333. The Balaban J connectivity index is 3.06. The molecule has 2 N–H and O–H groups in total. The molecule has 0 spiro atoms. The highest BCUT2D eigenvalue weighted by Crippen LogP contribution is 2.13. The summed E-state index contributed by atoms with van der Waals surface area (Å²) in [6.45, 7) is 1.61. The van der Waals surface area contributed by atoms with Gasteiger partial charge in [-0.3, -0.25) is 4.98 Å². The van der Waals surface area contributed by atoms with Gasteiger partial charge in [-0.2, -0.15) is 0 Å². The summed E-state index contributed by atoms with van der Waals surface area (Å²) in [6.07, 6.45) is 1.24. The summed E-state index contributed by atoms with van der Waals surface area (Å²) < 4.78 is 17.7. The van der Waals surface area contributed by atoms with Crippen LogP contribution in [0, 0.1) is 5.82 Å². The highest BCUT2D eigenvalue weighted by atomic mass is 19.1. The van der Waals surface area contributed by atoms with Gasteiger partial charge in [0.1, 0.15) is 5.82 Å². The van der Waals surface area contributed by atoms with Gasteiger partial charge in [-0.25, -0.2) is 9.18 Å². The molecule has 0 radical (unpaired) electrons. The van der Waals surface area contributed by atoms with Crippen LogP contribution in [-0.2, 0) is 4.74 Å². The van der Waals surface area contributed by atoms with Crippen LogP contribution in [0.15, 0.2) is 12.3 Å². The number of nitrogens with two attached hydrogens (primary N) is 1. The van der Waals surface area contributed by atoms with Crippen molar-refractivity contribution in [2.75, 3.05) is 7.11 Å². The lowest BCUT2D eigenvalue weighted by atomic mass is 10.2. The smallest absolute Gasteiger partial charge is 0.339 e. The van der Waals surface area contributed by atoms with Gasteiger partial charge in [0, 0.05) is 12.2 Å². The summed E-state index contributed by atoms with van der Waals surface area (Å²) >= 11 is 0.